The van der Waals surface area contributed by atoms with Gasteiger partial charge in [0.25, 0.3) is 0 Å². The fourth-order valence-electron chi connectivity index (χ4n) is 2.81. The van der Waals surface area contributed by atoms with E-state index in [9.17, 15) is 13.2 Å². The third kappa shape index (κ3) is 5.23. The van der Waals surface area contributed by atoms with Gasteiger partial charge in [-0.2, -0.15) is 0 Å². The molecule has 2 rings (SSSR count). The lowest BCUT2D eigenvalue weighted by Gasteiger charge is -2.29. The Labute approximate surface area is 127 Å². The predicted molar refractivity (Wildman–Crippen MR) is 82.7 cm³/mol. The van der Waals surface area contributed by atoms with E-state index < -0.39 is 15.4 Å². The first-order chi connectivity index (χ1) is 9.81. The quantitative estimate of drug-likeness (QED) is 0.683. The molecule has 2 fully saturated rings. The minimum absolute atomic E-state index is 0.250. The van der Waals surface area contributed by atoms with E-state index in [-0.39, 0.29) is 11.7 Å². The van der Waals surface area contributed by atoms with Crippen LogP contribution >= 0.6 is 0 Å². The molecule has 6 nitrogen and oxygen atoms in total. The predicted octanol–water partition coefficient (Wildman–Crippen LogP) is -0.117. The molecular formula is C14H27N3O3S. The molecule has 1 amide bonds. The van der Waals surface area contributed by atoms with Gasteiger partial charge >= 0.3 is 0 Å². The second-order valence-electron chi connectivity index (χ2n) is 6.57. The van der Waals surface area contributed by atoms with Crippen LogP contribution in [0.5, 0.6) is 0 Å². The Morgan fingerprint density at radius 1 is 1.33 bits per heavy atom. The molecule has 122 valence electrons. The number of amides is 1. The van der Waals surface area contributed by atoms with Gasteiger partial charge in [0.15, 0.2) is 9.84 Å². The zero-order valence-corrected chi connectivity index (χ0v) is 13.6. The highest BCUT2D eigenvalue weighted by Crippen LogP contribution is 2.24. The van der Waals surface area contributed by atoms with Crippen molar-refractivity contribution in [2.45, 2.75) is 50.6 Å². The fourth-order valence-corrected chi connectivity index (χ4v) is 4.12. The molecule has 0 spiro atoms. The average molecular weight is 317 g/mol. The van der Waals surface area contributed by atoms with Crippen LogP contribution in [0, 0.1) is 0 Å². The molecule has 1 unspecified atom stereocenters. The van der Waals surface area contributed by atoms with Crippen molar-refractivity contribution in [2.75, 3.05) is 31.1 Å². The minimum atomic E-state index is -2.85. The van der Waals surface area contributed by atoms with Crippen LogP contribution in [-0.4, -0.2) is 61.9 Å². The van der Waals surface area contributed by atoms with Gasteiger partial charge in [-0.3, -0.25) is 4.79 Å². The first-order valence-electron chi connectivity index (χ1n) is 7.81. The summed E-state index contributed by atoms with van der Waals surface area (Å²) in [6, 6.07) is 0.436. The van der Waals surface area contributed by atoms with Crippen LogP contribution in [0.3, 0.4) is 0 Å². The molecule has 1 heterocycles. The van der Waals surface area contributed by atoms with Gasteiger partial charge in [0.1, 0.15) is 0 Å². The second-order valence-corrected chi connectivity index (χ2v) is 8.87. The van der Waals surface area contributed by atoms with Crippen molar-refractivity contribution in [2.24, 2.45) is 5.73 Å². The van der Waals surface area contributed by atoms with Crippen molar-refractivity contribution in [1.82, 2.24) is 10.2 Å². The molecular weight excluding hydrogens is 290 g/mol. The molecule has 21 heavy (non-hydrogen) atoms. The molecule has 1 saturated carbocycles. The SMILES string of the molecule is CC(CCCN1CCCS(=O)(=O)CC1)(NC1CC1)C(N)=O. The first kappa shape index (κ1) is 16.7. The maximum atomic E-state index is 11.7. The molecule has 0 bridgehead atoms. The number of primary amides is 1. The molecule has 1 aliphatic heterocycles. The summed E-state index contributed by atoms with van der Waals surface area (Å²) < 4.78 is 23.1. The summed E-state index contributed by atoms with van der Waals surface area (Å²) in [5, 5.41) is 3.34. The van der Waals surface area contributed by atoms with E-state index in [2.05, 4.69) is 10.2 Å². The van der Waals surface area contributed by atoms with Crippen molar-refractivity contribution >= 4 is 15.7 Å². The summed E-state index contributed by atoms with van der Waals surface area (Å²) in [6.45, 7) is 4.12. The summed E-state index contributed by atoms with van der Waals surface area (Å²) in [4.78, 5) is 13.9. The number of nitrogens with zero attached hydrogens (tertiary/aromatic N) is 1. The third-order valence-corrected chi connectivity index (χ3v) is 6.16. The summed E-state index contributed by atoms with van der Waals surface area (Å²) in [5.74, 6) is 0.249. The van der Waals surface area contributed by atoms with Gasteiger partial charge in [-0.1, -0.05) is 0 Å². The summed E-state index contributed by atoms with van der Waals surface area (Å²) >= 11 is 0. The van der Waals surface area contributed by atoms with E-state index in [0.29, 0.717) is 31.2 Å². The number of sulfone groups is 1. The highest BCUT2D eigenvalue weighted by molar-refractivity contribution is 7.91. The first-order valence-corrected chi connectivity index (χ1v) is 9.63. The van der Waals surface area contributed by atoms with Crippen LogP contribution in [0.4, 0.5) is 0 Å². The van der Waals surface area contributed by atoms with Gasteiger partial charge in [-0.25, -0.2) is 8.42 Å². The summed E-state index contributed by atoms with van der Waals surface area (Å²) in [6.07, 6.45) is 4.48. The molecule has 0 aromatic carbocycles. The topological polar surface area (TPSA) is 92.5 Å². The molecule has 7 heteroatoms. The van der Waals surface area contributed by atoms with E-state index in [4.69, 9.17) is 5.73 Å². The Morgan fingerprint density at radius 2 is 2.05 bits per heavy atom. The lowest BCUT2D eigenvalue weighted by Crippen LogP contribution is -2.54. The smallest absolute Gasteiger partial charge is 0.237 e. The Bertz CT molecular complexity index is 476. The Balaban J connectivity index is 1.77. The molecule has 3 N–H and O–H groups in total. The van der Waals surface area contributed by atoms with Crippen LogP contribution in [-0.2, 0) is 14.6 Å². The highest BCUT2D eigenvalue weighted by atomic mass is 32.2. The van der Waals surface area contributed by atoms with Gasteiger partial charge < -0.3 is 16.0 Å². The molecule has 1 atom stereocenters. The van der Waals surface area contributed by atoms with Gasteiger partial charge in [0.2, 0.25) is 5.91 Å². The normalized spacial score (nSPS) is 26.0. The molecule has 2 aliphatic rings. The monoisotopic (exact) mass is 317 g/mol. The average Bonchev–Trinajstić information content (AvgIpc) is 3.19. The second kappa shape index (κ2) is 6.62. The molecule has 0 radical (unpaired) electrons. The zero-order chi connectivity index (χ0) is 15.5. The van der Waals surface area contributed by atoms with Crippen LogP contribution < -0.4 is 11.1 Å². The zero-order valence-electron chi connectivity index (χ0n) is 12.8. The molecule has 1 aliphatic carbocycles. The number of hydrogen-bond acceptors (Lipinski definition) is 5. The number of hydrogen-bond donors (Lipinski definition) is 2. The summed E-state index contributed by atoms with van der Waals surface area (Å²) in [5.41, 5.74) is 4.89. The third-order valence-electron chi connectivity index (χ3n) is 4.44. The Hall–Kier alpha value is -0.660. The van der Waals surface area contributed by atoms with Crippen molar-refractivity contribution in [3.8, 4) is 0 Å². The van der Waals surface area contributed by atoms with E-state index in [0.717, 1.165) is 32.4 Å². The van der Waals surface area contributed by atoms with Gasteiger partial charge in [-0.05, 0) is 52.1 Å². The van der Waals surface area contributed by atoms with Crippen molar-refractivity contribution in [1.29, 1.82) is 0 Å². The van der Waals surface area contributed by atoms with E-state index in [1.807, 2.05) is 6.92 Å². The lowest BCUT2D eigenvalue weighted by molar-refractivity contribution is -0.124. The molecule has 0 aromatic heterocycles. The maximum Gasteiger partial charge on any atom is 0.237 e. The van der Waals surface area contributed by atoms with E-state index in [1.54, 1.807) is 0 Å². The number of carbonyl (C=O) groups excluding carboxylic acids is 1. The van der Waals surface area contributed by atoms with Crippen LogP contribution in [0.15, 0.2) is 0 Å². The summed E-state index contributed by atoms with van der Waals surface area (Å²) in [7, 11) is -2.85. The standard InChI is InChI=1S/C14H27N3O3S/c1-14(13(15)18,16-12-4-5-12)6-2-7-17-8-3-10-21(19,20)11-9-17/h12,16H,2-11H2,1H3,(H2,15,18). The van der Waals surface area contributed by atoms with Crippen molar-refractivity contribution < 1.29 is 13.2 Å². The van der Waals surface area contributed by atoms with Crippen LogP contribution in [0.25, 0.3) is 0 Å². The number of nitrogens with two attached hydrogens (primary N) is 1. The fraction of sp³-hybridized carbons (Fsp3) is 0.929. The van der Waals surface area contributed by atoms with Crippen molar-refractivity contribution in [3.63, 3.8) is 0 Å². The number of rotatable bonds is 7. The van der Waals surface area contributed by atoms with Gasteiger partial charge in [0.05, 0.1) is 17.0 Å². The largest absolute Gasteiger partial charge is 0.368 e. The van der Waals surface area contributed by atoms with Gasteiger partial charge in [-0.15, -0.1) is 0 Å². The Kier molecular flexibility index (Phi) is 5.27. The van der Waals surface area contributed by atoms with Gasteiger partial charge in [0, 0.05) is 12.6 Å². The maximum absolute atomic E-state index is 11.7. The van der Waals surface area contributed by atoms with Crippen LogP contribution in [0.2, 0.25) is 0 Å². The Morgan fingerprint density at radius 3 is 2.67 bits per heavy atom. The van der Waals surface area contributed by atoms with Crippen LogP contribution in [0.1, 0.15) is 39.0 Å². The molecule has 1 saturated heterocycles. The lowest BCUT2D eigenvalue weighted by atomic mass is 9.94. The highest BCUT2D eigenvalue weighted by Gasteiger charge is 2.36. The minimum Gasteiger partial charge on any atom is -0.368 e. The number of carbonyl (C=O) groups is 1. The van der Waals surface area contributed by atoms with Crippen molar-refractivity contribution in [3.05, 3.63) is 0 Å². The van der Waals surface area contributed by atoms with E-state index >= 15 is 0 Å². The number of nitrogens with one attached hydrogen (secondary N) is 1. The molecule has 0 aromatic rings. The van der Waals surface area contributed by atoms with E-state index in [1.165, 1.54) is 0 Å².